The Morgan fingerprint density at radius 2 is 1.88 bits per heavy atom. The molecule has 1 aromatic rings. The summed E-state index contributed by atoms with van der Waals surface area (Å²) in [7, 11) is -3.67. The molecule has 5 nitrogen and oxygen atoms in total. The van der Waals surface area contributed by atoms with E-state index >= 15 is 0 Å². The van der Waals surface area contributed by atoms with Crippen LogP contribution in [0, 0.1) is 0 Å². The average Bonchev–Trinajstić information content (AvgIpc) is 2.97. The first kappa shape index (κ1) is 18.4. The molecule has 0 saturated carbocycles. The van der Waals surface area contributed by atoms with Gasteiger partial charge in [-0.15, -0.1) is 0 Å². The molecule has 130 valence electrons. The lowest BCUT2D eigenvalue weighted by Crippen LogP contribution is -2.34. The number of carbonyl (C=O) groups is 1. The minimum Gasteiger partial charge on any atom is -0.460 e. The van der Waals surface area contributed by atoms with Gasteiger partial charge in [0.15, 0.2) is 4.87 Å². The summed E-state index contributed by atoms with van der Waals surface area (Å²) < 4.78 is 31.2. The van der Waals surface area contributed by atoms with Crippen molar-refractivity contribution >= 4 is 22.0 Å². The SMILES string of the molecule is CC(C)(C)OC(=O)CCCC1(S(=O)(=O)c2ccccc2)C=CC=N1. The summed E-state index contributed by atoms with van der Waals surface area (Å²) in [5, 5.41) is 0. The van der Waals surface area contributed by atoms with Crippen LogP contribution in [0.1, 0.15) is 40.0 Å². The van der Waals surface area contributed by atoms with E-state index in [4.69, 9.17) is 4.74 Å². The third-order valence-electron chi connectivity index (χ3n) is 3.59. The number of ether oxygens (including phenoxy) is 1. The lowest BCUT2D eigenvalue weighted by atomic mass is 10.1. The molecular weight excluding hydrogens is 326 g/mol. The Balaban J connectivity index is 2.11. The van der Waals surface area contributed by atoms with Gasteiger partial charge in [0.2, 0.25) is 9.84 Å². The molecular formula is C18H23NO4S. The minimum atomic E-state index is -3.67. The first-order valence-corrected chi connectivity index (χ1v) is 9.39. The molecule has 1 heterocycles. The number of rotatable bonds is 6. The highest BCUT2D eigenvalue weighted by Gasteiger charge is 2.43. The van der Waals surface area contributed by atoms with E-state index in [1.807, 2.05) is 0 Å². The van der Waals surface area contributed by atoms with E-state index in [9.17, 15) is 13.2 Å². The molecule has 0 bridgehead atoms. The van der Waals surface area contributed by atoms with Gasteiger partial charge in [-0.3, -0.25) is 9.79 Å². The van der Waals surface area contributed by atoms with Crippen LogP contribution >= 0.6 is 0 Å². The topological polar surface area (TPSA) is 72.8 Å². The van der Waals surface area contributed by atoms with E-state index < -0.39 is 20.3 Å². The number of hydrogen-bond donors (Lipinski definition) is 0. The van der Waals surface area contributed by atoms with Crippen molar-refractivity contribution in [1.29, 1.82) is 0 Å². The lowest BCUT2D eigenvalue weighted by molar-refractivity contribution is -0.154. The molecule has 1 aliphatic heterocycles. The van der Waals surface area contributed by atoms with Crippen molar-refractivity contribution < 1.29 is 17.9 Å². The molecule has 0 amide bonds. The van der Waals surface area contributed by atoms with Crippen LogP contribution in [-0.2, 0) is 19.4 Å². The van der Waals surface area contributed by atoms with E-state index in [-0.39, 0.29) is 23.7 Å². The van der Waals surface area contributed by atoms with E-state index in [1.165, 1.54) is 6.21 Å². The molecule has 0 spiro atoms. The Morgan fingerprint density at radius 1 is 1.21 bits per heavy atom. The Labute approximate surface area is 143 Å². The van der Waals surface area contributed by atoms with E-state index in [0.29, 0.717) is 6.42 Å². The predicted octanol–water partition coefficient (Wildman–Crippen LogP) is 3.31. The molecule has 1 atom stereocenters. The summed E-state index contributed by atoms with van der Waals surface area (Å²) in [6, 6.07) is 8.26. The van der Waals surface area contributed by atoms with Gasteiger partial charge in [0.25, 0.3) is 0 Å². The maximum Gasteiger partial charge on any atom is 0.306 e. The van der Waals surface area contributed by atoms with Gasteiger partial charge in [0, 0.05) is 12.6 Å². The monoisotopic (exact) mass is 349 g/mol. The van der Waals surface area contributed by atoms with Gasteiger partial charge in [0.1, 0.15) is 5.60 Å². The smallest absolute Gasteiger partial charge is 0.306 e. The molecule has 6 heteroatoms. The van der Waals surface area contributed by atoms with E-state index in [2.05, 4.69) is 4.99 Å². The lowest BCUT2D eigenvalue weighted by Gasteiger charge is -2.25. The third-order valence-corrected chi connectivity index (χ3v) is 5.86. The summed E-state index contributed by atoms with van der Waals surface area (Å²) in [5.41, 5.74) is -0.545. The van der Waals surface area contributed by atoms with Crippen LogP contribution in [-0.4, -0.2) is 31.1 Å². The van der Waals surface area contributed by atoms with Crippen molar-refractivity contribution in [3.05, 3.63) is 42.5 Å². The number of esters is 1. The standard InChI is InChI=1S/C18H23NO4S/c1-17(2,3)23-16(20)11-7-12-18(13-8-14-19-18)24(21,22)15-9-5-4-6-10-15/h4-6,8-10,13-14H,7,11-12H2,1-3H3. The van der Waals surface area contributed by atoms with Crippen LogP contribution in [0.5, 0.6) is 0 Å². The van der Waals surface area contributed by atoms with Gasteiger partial charge in [0.05, 0.1) is 4.90 Å². The number of allylic oxidation sites excluding steroid dienone is 1. The van der Waals surface area contributed by atoms with Crippen molar-refractivity contribution in [2.75, 3.05) is 0 Å². The summed E-state index contributed by atoms with van der Waals surface area (Å²) in [6.07, 6.45) is 5.48. The predicted molar refractivity (Wildman–Crippen MR) is 93.7 cm³/mol. The maximum absolute atomic E-state index is 13.0. The number of sulfone groups is 1. The van der Waals surface area contributed by atoms with Gasteiger partial charge in [-0.1, -0.05) is 18.2 Å². The molecule has 0 aromatic heterocycles. The highest BCUT2D eigenvalue weighted by Crippen LogP contribution is 2.35. The second-order valence-corrected chi connectivity index (χ2v) is 8.92. The number of carbonyl (C=O) groups excluding carboxylic acids is 1. The van der Waals surface area contributed by atoms with Gasteiger partial charge in [-0.2, -0.15) is 0 Å². The highest BCUT2D eigenvalue weighted by atomic mass is 32.2. The molecule has 0 radical (unpaired) electrons. The van der Waals surface area contributed by atoms with Crippen LogP contribution in [0.4, 0.5) is 0 Å². The summed E-state index contributed by atoms with van der Waals surface area (Å²) in [5.74, 6) is -0.333. The van der Waals surface area contributed by atoms with Crippen molar-refractivity contribution in [1.82, 2.24) is 0 Å². The molecule has 1 unspecified atom stereocenters. The van der Waals surface area contributed by atoms with Gasteiger partial charge in [-0.25, -0.2) is 8.42 Å². The van der Waals surface area contributed by atoms with Crippen molar-refractivity contribution in [3.8, 4) is 0 Å². The summed E-state index contributed by atoms with van der Waals surface area (Å²) >= 11 is 0. The van der Waals surface area contributed by atoms with Crippen LogP contribution in [0.15, 0.2) is 52.4 Å². The first-order chi connectivity index (χ1) is 11.2. The number of nitrogens with zero attached hydrogens (tertiary/aromatic N) is 1. The molecule has 2 rings (SSSR count). The zero-order chi connectivity index (χ0) is 17.8. The maximum atomic E-state index is 13.0. The van der Waals surface area contributed by atoms with Crippen molar-refractivity contribution in [2.24, 2.45) is 4.99 Å². The quantitative estimate of drug-likeness (QED) is 0.739. The molecule has 0 N–H and O–H groups in total. The normalized spacial score (nSPS) is 20.3. The molecule has 0 saturated heterocycles. The van der Waals surface area contributed by atoms with E-state index in [0.717, 1.165) is 0 Å². The zero-order valence-corrected chi connectivity index (χ0v) is 15.0. The van der Waals surface area contributed by atoms with E-state index in [1.54, 1.807) is 63.3 Å². The fraction of sp³-hybridized carbons (Fsp3) is 0.444. The van der Waals surface area contributed by atoms with Crippen LogP contribution in [0.2, 0.25) is 0 Å². The second-order valence-electron chi connectivity index (χ2n) is 6.74. The molecule has 0 fully saturated rings. The molecule has 1 aromatic carbocycles. The fourth-order valence-electron chi connectivity index (χ4n) is 2.53. The Morgan fingerprint density at radius 3 is 2.42 bits per heavy atom. The van der Waals surface area contributed by atoms with Crippen LogP contribution in [0.25, 0.3) is 0 Å². The van der Waals surface area contributed by atoms with Crippen molar-refractivity contribution in [2.45, 2.75) is 55.4 Å². The highest BCUT2D eigenvalue weighted by molar-refractivity contribution is 7.93. The number of aliphatic imine (C=N–C) groups is 1. The van der Waals surface area contributed by atoms with Crippen molar-refractivity contribution in [3.63, 3.8) is 0 Å². The molecule has 24 heavy (non-hydrogen) atoms. The first-order valence-electron chi connectivity index (χ1n) is 7.91. The third kappa shape index (κ3) is 4.12. The number of hydrogen-bond acceptors (Lipinski definition) is 5. The van der Waals surface area contributed by atoms with Crippen LogP contribution in [0.3, 0.4) is 0 Å². The van der Waals surface area contributed by atoms with Crippen LogP contribution < -0.4 is 0 Å². The summed E-state index contributed by atoms with van der Waals surface area (Å²) in [6.45, 7) is 5.41. The van der Waals surface area contributed by atoms with Gasteiger partial charge >= 0.3 is 5.97 Å². The molecule has 1 aliphatic rings. The van der Waals surface area contributed by atoms with Gasteiger partial charge in [-0.05, 0) is 57.9 Å². The Bertz CT molecular complexity index is 731. The minimum absolute atomic E-state index is 0.159. The fourth-order valence-corrected chi connectivity index (χ4v) is 4.32. The summed E-state index contributed by atoms with van der Waals surface area (Å²) in [4.78, 5) is 14.9. The Hall–Kier alpha value is -1.95. The molecule has 0 aliphatic carbocycles. The average molecular weight is 349 g/mol. The van der Waals surface area contributed by atoms with Gasteiger partial charge < -0.3 is 4.74 Å². The largest absolute Gasteiger partial charge is 0.460 e. The second kappa shape index (κ2) is 6.89. The Kier molecular flexibility index (Phi) is 5.28. The number of benzene rings is 1. The zero-order valence-electron chi connectivity index (χ0n) is 14.2.